The van der Waals surface area contributed by atoms with Crippen LogP contribution in [-0.2, 0) is 4.79 Å². The monoisotopic (exact) mass is 338 g/mol. The second-order valence-corrected chi connectivity index (χ2v) is 6.05. The molecule has 0 aromatic heterocycles. The molecule has 0 radical (unpaired) electrons. The van der Waals surface area contributed by atoms with Crippen molar-refractivity contribution in [2.75, 3.05) is 5.32 Å². The largest absolute Gasteiger partial charge is 0.393 e. The van der Waals surface area contributed by atoms with Crippen LogP contribution in [0, 0.1) is 11.8 Å². The summed E-state index contributed by atoms with van der Waals surface area (Å²) in [5.41, 5.74) is 5.95. The third-order valence-corrected chi connectivity index (χ3v) is 3.81. The summed E-state index contributed by atoms with van der Waals surface area (Å²) in [5.74, 6) is -0.901. The number of nitrogens with one attached hydrogen (secondary N) is 1. The van der Waals surface area contributed by atoms with Crippen LogP contribution in [0.15, 0.2) is 12.1 Å². The highest BCUT2D eigenvalue weighted by molar-refractivity contribution is 7.80. The minimum absolute atomic E-state index is 0.0148. The Morgan fingerprint density at radius 2 is 1.74 bits per heavy atom. The summed E-state index contributed by atoms with van der Waals surface area (Å²) in [4.78, 5) is 12.3. The molecule has 1 atom stereocenters. The number of carbonyl (C=O) groups excluding carboxylic acids is 1. The first-order valence-electron chi connectivity index (χ1n) is 5.48. The predicted octanol–water partition coefficient (Wildman–Crippen LogP) is 4.14. The summed E-state index contributed by atoms with van der Waals surface area (Å²) in [6.07, 6.45) is 0. The zero-order valence-corrected chi connectivity index (χ0v) is 13.4. The number of amides is 1. The Kier molecular flexibility index (Phi) is 5.86. The van der Waals surface area contributed by atoms with Gasteiger partial charge in [0.1, 0.15) is 0 Å². The number of nitrogens with two attached hydrogens (primary N) is 1. The number of hydrogen-bond donors (Lipinski definition) is 2. The quantitative estimate of drug-likeness (QED) is 0.640. The van der Waals surface area contributed by atoms with Crippen molar-refractivity contribution in [1.82, 2.24) is 0 Å². The van der Waals surface area contributed by atoms with Crippen LogP contribution < -0.4 is 11.1 Å². The predicted molar refractivity (Wildman–Crippen MR) is 85.2 cm³/mol. The van der Waals surface area contributed by atoms with Crippen LogP contribution in [0.2, 0.25) is 15.1 Å². The van der Waals surface area contributed by atoms with Crippen LogP contribution in [0.4, 0.5) is 5.69 Å². The lowest BCUT2D eigenvalue weighted by Crippen LogP contribution is -2.36. The number of thiocarbonyl (C=S) groups is 1. The van der Waals surface area contributed by atoms with Crippen molar-refractivity contribution in [3.8, 4) is 0 Å². The van der Waals surface area contributed by atoms with E-state index in [0.29, 0.717) is 20.8 Å². The molecule has 1 unspecified atom stereocenters. The first-order valence-corrected chi connectivity index (χ1v) is 7.03. The Labute approximate surface area is 132 Å². The molecule has 0 fully saturated rings. The molecule has 7 heteroatoms. The maximum atomic E-state index is 12.1. The summed E-state index contributed by atoms with van der Waals surface area (Å²) in [7, 11) is 0. The first kappa shape index (κ1) is 16.5. The van der Waals surface area contributed by atoms with Gasteiger partial charge in [-0.05, 0) is 18.1 Å². The highest BCUT2D eigenvalue weighted by atomic mass is 35.5. The van der Waals surface area contributed by atoms with Gasteiger partial charge in [0.05, 0.1) is 31.7 Å². The molecule has 1 aromatic rings. The van der Waals surface area contributed by atoms with Gasteiger partial charge in [0, 0.05) is 0 Å². The molecular weight excluding hydrogens is 327 g/mol. The normalized spacial score (nSPS) is 12.3. The summed E-state index contributed by atoms with van der Waals surface area (Å²) < 4.78 is 0. The van der Waals surface area contributed by atoms with Crippen LogP contribution in [0.25, 0.3) is 0 Å². The molecule has 0 spiro atoms. The zero-order chi connectivity index (χ0) is 14.7. The lowest BCUT2D eigenvalue weighted by molar-refractivity contribution is -0.118. The summed E-state index contributed by atoms with van der Waals surface area (Å²) in [5, 5.41) is 3.58. The molecule has 3 N–H and O–H groups in total. The Hall–Kier alpha value is -0.550. The Balaban J connectivity index is 2.99. The van der Waals surface area contributed by atoms with E-state index in [1.165, 1.54) is 12.1 Å². The highest BCUT2D eigenvalue weighted by Crippen LogP contribution is 2.32. The van der Waals surface area contributed by atoms with Crippen LogP contribution >= 0.6 is 47.0 Å². The van der Waals surface area contributed by atoms with Crippen LogP contribution in [0.5, 0.6) is 0 Å². The summed E-state index contributed by atoms with van der Waals surface area (Å²) >= 11 is 22.6. The zero-order valence-electron chi connectivity index (χ0n) is 10.3. The van der Waals surface area contributed by atoms with E-state index in [1.807, 2.05) is 13.8 Å². The van der Waals surface area contributed by atoms with Crippen molar-refractivity contribution >= 4 is 63.6 Å². The van der Waals surface area contributed by atoms with Gasteiger partial charge >= 0.3 is 0 Å². The van der Waals surface area contributed by atoms with E-state index in [1.54, 1.807) is 0 Å². The molecule has 0 heterocycles. The molecule has 0 saturated heterocycles. The van der Waals surface area contributed by atoms with E-state index in [2.05, 4.69) is 5.32 Å². The van der Waals surface area contributed by atoms with Crippen molar-refractivity contribution < 1.29 is 4.79 Å². The molecule has 19 heavy (non-hydrogen) atoms. The van der Waals surface area contributed by atoms with E-state index in [0.717, 1.165) is 0 Å². The lowest BCUT2D eigenvalue weighted by Gasteiger charge is -2.19. The topological polar surface area (TPSA) is 55.1 Å². The van der Waals surface area contributed by atoms with Crippen molar-refractivity contribution in [2.24, 2.45) is 17.6 Å². The van der Waals surface area contributed by atoms with E-state index in [9.17, 15) is 4.79 Å². The average Bonchev–Trinajstić information content (AvgIpc) is 2.24. The number of anilines is 1. The van der Waals surface area contributed by atoms with E-state index >= 15 is 0 Å². The van der Waals surface area contributed by atoms with Crippen LogP contribution in [0.3, 0.4) is 0 Å². The van der Waals surface area contributed by atoms with Gasteiger partial charge in [0.15, 0.2) is 0 Å². The summed E-state index contributed by atoms with van der Waals surface area (Å²) in [6, 6.07) is 2.95. The standard InChI is InChI=1S/C12H13Cl3N2OS/c1-5(2)10(11(16)19)12(18)17-9-4-7(14)6(13)3-8(9)15/h3-5,10H,1-2H3,(H2,16,19)(H,17,18). The maximum Gasteiger partial charge on any atom is 0.234 e. The van der Waals surface area contributed by atoms with Crippen molar-refractivity contribution in [2.45, 2.75) is 13.8 Å². The molecule has 0 bridgehead atoms. The third kappa shape index (κ3) is 4.21. The fourth-order valence-electron chi connectivity index (χ4n) is 1.59. The third-order valence-electron chi connectivity index (χ3n) is 2.52. The molecule has 1 amide bonds. The fraction of sp³-hybridized carbons (Fsp3) is 0.333. The molecule has 1 aromatic carbocycles. The van der Waals surface area contributed by atoms with Crippen molar-refractivity contribution in [1.29, 1.82) is 0 Å². The Morgan fingerprint density at radius 3 is 2.21 bits per heavy atom. The van der Waals surface area contributed by atoms with Gasteiger partial charge in [-0.3, -0.25) is 4.79 Å². The molecule has 3 nitrogen and oxygen atoms in total. The fourth-order valence-corrected chi connectivity index (χ4v) is 2.56. The van der Waals surface area contributed by atoms with Crippen LogP contribution in [-0.4, -0.2) is 10.9 Å². The smallest absolute Gasteiger partial charge is 0.234 e. The van der Waals surface area contributed by atoms with Crippen molar-refractivity contribution in [3.63, 3.8) is 0 Å². The molecular formula is C12H13Cl3N2OS. The van der Waals surface area contributed by atoms with Gasteiger partial charge in [0.2, 0.25) is 5.91 Å². The number of carbonyl (C=O) groups is 1. The number of hydrogen-bond acceptors (Lipinski definition) is 2. The van der Waals surface area contributed by atoms with Gasteiger partial charge in [-0.15, -0.1) is 0 Å². The molecule has 0 saturated carbocycles. The van der Waals surface area contributed by atoms with Gasteiger partial charge in [-0.1, -0.05) is 60.9 Å². The number of benzene rings is 1. The molecule has 0 aliphatic rings. The lowest BCUT2D eigenvalue weighted by atomic mass is 9.95. The second-order valence-electron chi connectivity index (χ2n) is 4.36. The van der Waals surface area contributed by atoms with Gasteiger partial charge < -0.3 is 11.1 Å². The van der Waals surface area contributed by atoms with E-state index in [-0.39, 0.29) is 16.8 Å². The second kappa shape index (κ2) is 6.75. The Bertz CT molecular complexity index is 520. The van der Waals surface area contributed by atoms with Gasteiger partial charge in [-0.25, -0.2) is 0 Å². The van der Waals surface area contributed by atoms with Gasteiger partial charge in [0.25, 0.3) is 0 Å². The highest BCUT2D eigenvalue weighted by Gasteiger charge is 2.25. The molecule has 1 rings (SSSR count). The number of rotatable bonds is 4. The summed E-state index contributed by atoms with van der Waals surface area (Å²) in [6.45, 7) is 3.72. The number of halogens is 3. The molecule has 0 aliphatic heterocycles. The first-order chi connectivity index (χ1) is 8.73. The van der Waals surface area contributed by atoms with E-state index in [4.69, 9.17) is 52.8 Å². The molecule has 104 valence electrons. The SMILES string of the molecule is CC(C)C(C(=O)Nc1cc(Cl)c(Cl)cc1Cl)C(N)=S. The van der Waals surface area contributed by atoms with Gasteiger partial charge in [-0.2, -0.15) is 0 Å². The van der Waals surface area contributed by atoms with Crippen molar-refractivity contribution in [3.05, 3.63) is 27.2 Å². The molecule has 0 aliphatic carbocycles. The van der Waals surface area contributed by atoms with Crippen LogP contribution in [0.1, 0.15) is 13.8 Å². The van der Waals surface area contributed by atoms with E-state index < -0.39 is 5.92 Å². The minimum Gasteiger partial charge on any atom is -0.393 e. The Morgan fingerprint density at radius 1 is 1.21 bits per heavy atom. The average molecular weight is 340 g/mol. The minimum atomic E-state index is -0.569. The maximum absolute atomic E-state index is 12.1.